The minimum absolute atomic E-state index is 0.464. The highest BCUT2D eigenvalue weighted by molar-refractivity contribution is 4.79. The summed E-state index contributed by atoms with van der Waals surface area (Å²) in [4.78, 5) is 5.34. The van der Waals surface area contributed by atoms with Gasteiger partial charge in [-0.15, -0.1) is 0 Å². The van der Waals surface area contributed by atoms with Crippen LogP contribution in [0.1, 0.15) is 79.6 Å². The molecule has 154 valence electrons. The molecule has 0 amide bonds. The highest BCUT2D eigenvalue weighted by atomic mass is 16.5. The van der Waals surface area contributed by atoms with Gasteiger partial charge in [-0.2, -0.15) is 0 Å². The Morgan fingerprint density at radius 3 is 2.15 bits per heavy atom. The molecule has 1 atom stereocenters. The molecule has 2 aliphatic rings. The smallest absolute Gasteiger partial charge is 0.0599 e. The first-order valence-corrected chi connectivity index (χ1v) is 11.5. The van der Waals surface area contributed by atoms with Crippen LogP contribution in [-0.4, -0.2) is 61.8 Å². The average molecular weight is 367 g/mol. The molecule has 2 aliphatic heterocycles. The molecule has 0 radical (unpaired) electrons. The van der Waals surface area contributed by atoms with Crippen molar-refractivity contribution in [2.75, 3.05) is 45.9 Å². The standard InChI is InChI=1S/C23H46N2O/c1-6-8-20(3)17-24-15-11-22(12-16-24)26-18-21-9-13-25(14-10-21)19-23(4,5)7-2/h20-22H,6-19H2,1-5H3. The Kier molecular flexibility index (Phi) is 9.40. The van der Waals surface area contributed by atoms with Gasteiger partial charge in [0.2, 0.25) is 0 Å². The van der Waals surface area contributed by atoms with E-state index in [4.69, 9.17) is 4.74 Å². The summed E-state index contributed by atoms with van der Waals surface area (Å²) < 4.78 is 6.34. The van der Waals surface area contributed by atoms with Crippen molar-refractivity contribution in [3.8, 4) is 0 Å². The molecule has 0 spiro atoms. The van der Waals surface area contributed by atoms with Gasteiger partial charge < -0.3 is 14.5 Å². The Morgan fingerprint density at radius 2 is 1.58 bits per heavy atom. The Balaban J connectivity index is 1.57. The lowest BCUT2D eigenvalue weighted by molar-refractivity contribution is -0.0225. The van der Waals surface area contributed by atoms with Crippen molar-refractivity contribution in [3.05, 3.63) is 0 Å². The molecule has 2 fully saturated rings. The van der Waals surface area contributed by atoms with Crippen LogP contribution in [0.15, 0.2) is 0 Å². The topological polar surface area (TPSA) is 15.7 Å². The van der Waals surface area contributed by atoms with Crippen LogP contribution in [0.2, 0.25) is 0 Å². The second-order valence-electron chi connectivity index (χ2n) is 9.96. The lowest BCUT2D eigenvalue weighted by Gasteiger charge is -2.38. The molecule has 0 aliphatic carbocycles. The van der Waals surface area contributed by atoms with E-state index in [1.807, 2.05) is 0 Å². The van der Waals surface area contributed by atoms with Gasteiger partial charge in [0, 0.05) is 32.8 Å². The molecule has 2 saturated heterocycles. The largest absolute Gasteiger partial charge is 0.378 e. The average Bonchev–Trinajstić information content (AvgIpc) is 2.62. The monoisotopic (exact) mass is 366 g/mol. The van der Waals surface area contributed by atoms with Crippen LogP contribution in [0.4, 0.5) is 0 Å². The van der Waals surface area contributed by atoms with E-state index in [2.05, 4.69) is 44.4 Å². The third kappa shape index (κ3) is 7.86. The first-order chi connectivity index (χ1) is 12.4. The summed E-state index contributed by atoms with van der Waals surface area (Å²) in [6.07, 6.45) is 9.60. The summed E-state index contributed by atoms with van der Waals surface area (Å²) in [5.41, 5.74) is 0.464. The lowest BCUT2D eigenvalue weighted by atomic mass is 9.88. The number of hydrogen-bond donors (Lipinski definition) is 0. The van der Waals surface area contributed by atoms with E-state index in [1.165, 1.54) is 84.2 Å². The highest BCUT2D eigenvalue weighted by Gasteiger charge is 2.26. The fourth-order valence-electron chi connectivity index (χ4n) is 4.58. The van der Waals surface area contributed by atoms with Crippen molar-refractivity contribution >= 4 is 0 Å². The summed E-state index contributed by atoms with van der Waals surface area (Å²) in [5, 5.41) is 0. The SMILES string of the molecule is CCCC(C)CN1CCC(OCC2CCN(CC(C)(C)CC)CC2)CC1. The molecular weight excluding hydrogens is 320 g/mol. The van der Waals surface area contributed by atoms with Crippen LogP contribution in [0.3, 0.4) is 0 Å². The summed E-state index contributed by atoms with van der Waals surface area (Å²) in [5.74, 6) is 1.64. The van der Waals surface area contributed by atoms with Crippen molar-refractivity contribution < 1.29 is 4.74 Å². The van der Waals surface area contributed by atoms with Crippen molar-refractivity contribution in [2.45, 2.75) is 85.7 Å². The normalized spacial score (nSPS) is 23.4. The fraction of sp³-hybridized carbons (Fsp3) is 1.00. The maximum atomic E-state index is 6.34. The maximum Gasteiger partial charge on any atom is 0.0599 e. The zero-order chi connectivity index (χ0) is 19.0. The van der Waals surface area contributed by atoms with Crippen LogP contribution in [0.5, 0.6) is 0 Å². The van der Waals surface area contributed by atoms with Crippen LogP contribution in [0, 0.1) is 17.3 Å². The zero-order valence-electron chi connectivity index (χ0n) is 18.4. The second kappa shape index (κ2) is 11.0. The van der Waals surface area contributed by atoms with Crippen LogP contribution in [-0.2, 0) is 4.74 Å². The molecule has 2 rings (SSSR count). The Morgan fingerprint density at radius 1 is 0.962 bits per heavy atom. The van der Waals surface area contributed by atoms with Crippen LogP contribution >= 0.6 is 0 Å². The lowest BCUT2D eigenvalue weighted by Crippen LogP contribution is -2.42. The molecular formula is C23H46N2O. The highest BCUT2D eigenvalue weighted by Crippen LogP contribution is 2.26. The molecule has 3 heteroatoms. The predicted molar refractivity (Wildman–Crippen MR) is 113 cm³/mol. The van der Waals surface area contributed by atoms with E-state index in [0.717, 1.165) is 18.4 Å². The molecule has 0 bridgehead atoms. The molecule has 1 unspecified atom stereocenters. The van der Waals surface area contributed by atoms with Gasteiger partial charge in [-0.25, -0.2) is 0 Å². The van der Waals surface area contributed by atoms with Crippen molar-refractivity contribution in [1.29, 1.82) is 0 Å². The first-order valence-electron chi connectivity index (χ1n) is 11.5. The number of nitrogens with zero attached hydrogens (tertiary/aromatic N) is 2. The Hall–Kier alpha value is -0.120. The molecule has 0 aromatic heterocycles. The summed E-state index contributed by atoms with van der Waals surface area (Å²) in [6.45, 7) is 20.4. The quantitative estimate of drug-likeness (QED) is 0.538. The van der Waals surface area contributed by atoms with Gasteiger partial charge in [0.25, 0.3) is 0 Å². The number of piperidine rings is 2. The van der Waals surface area contributed by atoms with Gasteiger partial charge in [0.1, 0.15) is 0 Å². The van der Waals surface area contributed by atoms with Gasteiger partial charge in [0.15, 0.2) is 0 Å². The van der Waals surface area contributed by atoms with Gasteiger partial charge in [-0.3, -0.25) is 0 Å². The molecule has 3 nitrogen and oxygen atoms in total. The minimum Gasteiger partial charge on any atom is -0.378 e. The first kappa shape index (κ1) is 22.2. The fourth-order valence-corrected chi connectivity index (χ4v) is 4.58. The molecule has 0 saturated carbocycles. The third-order valence-electron chi connectivity index (χ3n) is 6.77. The molecule has 2 heterocycles. The zero-order valence-corrected chi connectivity index (χ0v) is 18.4. The maximum absolute atomic E-state index is 6.34. The van der Waals surface area contributed by atoms with Gasteiger partial charge in [0.05, 0.1) is 6.10 Å². The van der Waals surface area contributed by atoms with E-state index in [9.17, 15) is 0 Å². The number of hydrogen-bond acceptors (Lipinski definition) is 3. The van der Waals surface area contributed by atoms with Crippen molar-refractivity contribution in [2.24, 2.45) is 17.3 Å². The van der Waals surface area contributed by atoms with Crippen molar-refractivity contribution in [3.63, 3.8) is 0 Å². The van der Waals surface area contributed by atoms with Crippen molar-refractivity contribution in [1.82, 2.24) is 9.80 Å². The third-order valence-corrected chi connectivity index (χ3v) is 6.77. The van der Waals surface area contributed by atoms with E-state index >= 15 is 0 Å². The second-order valence-corrected chi connectivity index (χ2v) is 9.96. The molecule has 0 N–H and O–H groups in total. The van der Waals surface area contributed by atoms with E-state index in [0.29, 0.717) is 11.5 Å². The molecule has 0 aromatic carbocycles. The van der Waals surface area contributed by atoms with Gasteiger partial charge in [-0.05, 0) is 68.9 Å². The van der Waals surface area contributed by atoms with Crippen LogP contribution < -0.4 is 0 Å². The molecule has 26 heavy (non-hydrogen) atoms. The summed E-state index contributed by atoms with van der Waals surface area (Å²) >= 11 is 0. The van der Waals surface area contributed by atoms with E-state index in [-0.39, 0.29) is 0 Å². The summed E-state index contributed by atoms with van der Waals surface area (Å²) in [6, 6.07) is 0. The Labute approximate surface area is 163 Å². The summed E-state index contributed by atoms with van der Waals surface area (Å²) in [7, 11) is 0. The number of likely N-dealkylation sites (tertiary alicyclic amines) is 2. The molecule has 0 aromatic rings. The van der Waals surface area contributed by atoms with E-state index < -0.39 is 0 Å². The van der Waals surface area contributed by atoms with Gasteiger partial charge >= 0.3 is 0 Å². The predicted octanol–water partition coefficient (Wildman–Crippen LogP) is 5.05. The minimum atomic E-state index is 0.464. The number of rotatable bonds is 10. The van der Waals surface area contributed by atoms with E-state index in [1.54, 1.807) is 0 Å². The Bertz CT molecular complexity index is 368. The van der Waals surface area contributed by atoms with Gasteiger partial charge in [-0.1, -0.05) is 41.0 Å². The van der Waals surface area contributed by atoms with Crippen LogP contribution in [0.25, 0.3) is 0 Å². The number of ether oxygens (including phenoxy) is 1.